The molecule has 126 valence electrons. The van der Waals surface area contributed by atoms with Gasteiger partial charge in [-0.05, 0) is 37.1 Å². The first kappa shape index (κ1) is 17.4. The van der Waals surface area contributed by atoms with Crippen LogP contribution in [0, 0.1) is 0 Å². The van der Waals surface area contributed by atoms with E-state index in [0.29, 0.717) is 25.9 Å². The number of anilines is 1. The van der Waals surface area contributed by atoms with Crippen molar-refractivity contribution < 1.29 is 18.0 Å². The maximum atomic E-state index is 12.1. The first-order chi connectivity index (χ1) is 10.9. The fraction of sp³-hybridized carbons (Fsp3) is 0.467. The van der Waals surface area contributed by atoms with E-state index in [-0.39, 0.29) is 23.3 Å². The molecule has 0 bridgehead atoms. The van der Waals surface area contributed by atoms with E-state index >= 15 is 0 Å². The molecule has 1 aliphatic heterocycles. The van der Waals surface area contributed by atoms with Gasteiger partial charge in [0.05, 0.1) is 4.90 Å². The summed E-state index contributed by atoms with van der Waals surface area (Å²) in [6.07, 6.45) is 1.88. The summed E-state index contributed by atoms with van der Waals surface area (Å²) in [6, 6.07) is 6.29. The van der Waals surface area contributed by atoms with E-state index in [9.17, 15) is 18.0 Å². The van der Waals surface area contributed by atoms with Crippen LogP contribution in [-0.2, 0) is 19.6 Å². The number of sulfonamides is 1. The minimum atomic E-state index is -3.58. The van der Waals surface area contributed by atoms with Gasteiger partial charge in [-0.15, -0.1) is 0 Å². The van der Waals surface area contributed by atoms with Gasteiger partial charge in [0.2, 0.25) is 21.8 Å². The summed E-state index contributed by atoms with van der Waals surface area (Å²) < 4.78 is 26.8. The Hall–Kier alpha value is -1.93. The fourth-order valence-electron chi connectivity index (χ4n) is 2.37. The molecule has 0 aliphatic carbocycles. The van der Waals surface area contributed by atoms with Crippen LogP contribution in [0.1, 0.15) is 26.2 Å². The van der Waals surface area contributed by atoms with Crippen LogP contribution in [0.4, 0.5) is 5.69 Å². The number of hydrogen-bond acceptors (Lipinski definition) is 4. The van der Waals surface area contributed by atoms with Gasteiger partial charge < -0.3 is 10.2 Å². The number of nitrogens with one attached hydrogen (secondary N) is 2. The molecule has 2 rings (SSSR count). The monoisotopic (exact) mass is 339 g/mol. The smallest absolute Gasteiger partial charge is 0.240 e. The molecule has 0 unspecified atom stereocenters. The van der Waals surface area contributed by atoms with Crippen molar-refractivity contribution in [3.05, 3.63) is 24.3 Å². The van der Waals surface area contributed by atoms with E-state index in [4.69, 9.17) is 0 Å². The van der Waals surface area contributed by atoms with Crippen molar-refractivity contribution in [1.82, 2.24) is 10.0 Å². The Bertz CT molecular complexity index is 670. The Morgan fingerprint density at radius 1 is 1.22 bits per heavy atom. The number of carbonyl (C=O) groups is 2. The van der Waals surface area contributed by atoms with Crippen LogP contribution in [0.15, 0.2) is 29.2 Å². The summed E-state index contributed by atoms with van der Waals surface area (Å²) in [5.41, 5.74) is 0.720. The molecule has 23 heavy (non-hydrogen) atoms. The molecule has 1 aliphatic rings. The molecular formula is C15H21N3O4S. The first-order valence-corrected chi connectivity index (χ1v) is 9.03. The van der Waals surface area contributed by atoms with Gasteiger partial charge in [-0.25, -0.2) is 13.1 Å². The van der Waals surface area contributed by atoms with E-state index in [1.54, 1.807) is 17.0 Å². The number of rotatable bonds is 7. The number of benzene rings is 1. The highest BCUT2D eigenvalue weighted by molar-refractivity contribution is 7.89. The topological polar surface area (TPSA) is 95.6 Å². The zero-order valence-electron chi connectivity index (χ0n) is 13.0. The lowest BCUT2D eigenvalue weighted by molar-refractivity contribution is -0.119. The first-order valence-electron chi connectivity index (χ1n) is 7.55. The lowest BCUT2D eigenvalue weighted by Gasteiger charge is -2.16. The SMILES string of the molecule is CC(=O)NCCCNS(=O)(=O)c1ccc(N2CCCC2=O)cc1. The molecular weight excluding hydrogens is 318 g/mol. The van der Waals surface area contributed by atoms with Gasteiger partial charge in [0, 0.05) is 38.7 Å². The summed E-state index contributed by atoms with van der Waals surface area (Å²) in [6.45, 7) is 2.76. The van der Waals surface area contributed by atoms with Crippen LogP contribution in [0.25, 0.3) is 0 Å². The third kappa shape index (κ3) is 4.77. The number of amides is 2. The summed E-state index contributed by atoms with van der Waals surface area (Å²) in [5, 5.41) is 2.60. The van der Waals surface area contributed by atoms with Crippen LogP contribution in [0.2, 0.25) is 0 Å². The third-order valence-electron chi connectivity index (χ3n) is 3.55. The predicted molar refractivity (Wildman–Crippen MR) is 86.5 cm³/mol. The highest BCUT2D eigenvalue weighted by Crippen LogP contribution is 2.22. The van der Waals surface area contributed by atoms with E-state index in [1.165, 1.54) is 19.1 Å². The molecule has 1 heterocycles. The molecule has 2 N–H and O–H groups in total. The Kier molecular flexibility index (Phi) is 5.73. The number of hydrogen-bond donors (Lipinski definition) is 2. The molecule has 8 heteroatoms. The zero-order valence-corrected chi connectivity index (χ0v) is 13.9. The van der Waals surface area contributed by atoms with Gasteiger partial charge >= 0.3 is 0 Å². The quantitative estimate of drug-likeness (QED) is 0.712. The van der Waals surface area contributed by atoms with Crippen molar-refractivity contribution in [2.45, 2.75) is 31.1 Å². The number of carbonyl (C=O) groups excluding carboxylic acids is 2. The average Bonchev–Trinajstić information content (AvgIpc) is 2.93. The van der Waals surface area contributed by atoms with E-state index in [2.05, 4.69) is 10.0 Å². The van der Waals surface area contributed by atoms with Gasteiger partial charge in [-0.3, -0.25) is 9.59 Å². The summed E-state index contributed by atoms with van der Waals surface area (Å²) in [7, 11) is -3.58. The van der Waals surface area contributed by atoms with Crippen molar-refractivity contribution in [2.24, 2.45) is 0 Å². The summed E-state index contributed by atoms with van der Waals surface area (Å²) in [4.78, 5) is 24.2. The second-order valence-corrected chi connectivity index (χ2v) is 7.14. The molecule has 7 nitrogen and oxygen atoms in total. The van der Waals surface area contributed by atoms with Crippen molar-refractivity contribution in [3.8, 4) is 0 Å². The largest absolute Gasteiger partial charge is 0.356 e. The molecule has 1 saturated heterocycles. The Balaban J connectivity index is 1.92. The molecule has 1 aromatic rings. The zero-order chi connectivity index (χ0) is 16.9. The molecule has 1 fully saturated rings. The van der Waals surface area contributed by atoms with Crippen molar-refractivity contribution in [3.63, 3.8) is 0 Å². The lowest BCUT2D eigenvalue weighted by Crippen LogP contribution is -2.29. The van der Waals surface area contributed by atoms with Crippen LogP contribution in [0.5, 0.6) is 0 Å². The Morgan fingerprint density at radius 3 is 2.48 bits per heavy atom. The van der Waals surface area contributed by atoms with Crippen molar-refractivity contribution >= 4 is 27.5 Å². The lowest BCUT2D eigenvalue weighted by atomic mass is 10.3. The Labute approximate surface area is 136 Å². The number of nitrogens with zero attached hydrogens (tertiary/aromatic N) is 1. The van der Waals surface area contributed by atoms with Crippen LogP contribution >= 0.6 is 0 Å². The molecule has 2 amide bonds. The predicted octanol–water partition coefficient (Wildman–Crippen LogP) is 0.618. The van der Waals surface area contributed by atoms with Crippen LogP contribution in [-0.4, -0.2) is 39.9 Å². The second-order valence-electron chi connectivity index (χ2n) is 5.38. The molecule has 0 atom stereocenters. The van der Waals surface area contributed by atoms with Gasteiger partial charge in [0.25, 0.3) is 0 Å². The molecule has 1 aromatic carbocycles. The fourth-order valence-corrected chi connectivity index (χ4v) is 3.44. The Morgan fingerprint density at radius 2 is 1.91 bits per heavy atom. The van der Waals surface area contributed by atoms with Crippen molar-refractivity contribution in [1.29, 1.82) is 0 Å². The van der Waals surface area contributed by atoms with E-state index < -0.39 is 10.0 Å². The van der Waals surface area contributed by atoms with Gasteiger partial charge in [0.1, 0.15) is 0 Å². The second kappa shape index (κ2) is 7.56. The van der Waals surface area contributed by atoms with Crippen molar-refractivity contribution in [2.75, 3.05) is 24.5 Å². The summed E-state index contributed by atoms with van der Waals surface area (Å²) >= 11 is 0. The van der Waals surface area contributed by atoms with E-state index in [0.717, 1.165) is 12.1 Å². The van der Waals surface area contributed by atoms with Crippen LogP contribution in [0.3, 0.4) is 0 Å². The standard InChI is InChI=1S/C15H21N3O4S/c1-12(19)16-9-3-10-17-23(21,22)14-7-5-13(6-8-14)18-11-2-4-15(18)20/h5-8,17H,2-4,9-11H2,1H3,(H,16,19). The van der Waals surface area contributed by atoms with Gasteiger partial charge in [0.15, 0.2) is 0 Å². The molecule has 0 saturated carbocycles. The summed E-state index contributed by atoms with van der Waals surface area (Å²) in [5.74, 6) is -0.0726. The minimum Gasteiger partial charge on any atom is -0.356 e. The highest BCUT2D eigenvalue weighted by atomic mass is 32.2. The maximum absolute atomic E-state index is 12.1. The average molecular weight is 339 g/mol. The van der Waals surface area contributed by atoms with Crippen LogP contribution < -0.4 is 14.9 Å². The van der Waals surface area contributed by atoms with Gasteiger partial charge in [-0.1, -0.05) is 0 Å². The molecule has 0 aromatic heterocycles. The minimum absolute atomic E-state index is 0.0664. The third-order valence-corrected chi connectivity index (χ3v) is 5.03. The normalized spacial score (nSPS) is 15.0. The van der Waals surface area contributed by atoms with E-state index in [1.807, 2.05) is 0 Å². The maximum Gasteiger partial charge on any atom is 0.240 e. The highest BCUT2D eigenvalue weighted by Gasteiger charge is 2.22. The molecule has 0 spiro atoms. The molecule has 0 radical (unpaired) electrons. The van der Waals surface area contributed by atoms with Gasteiger partial charge in [-0.2, -0.15) is 0 Å².